The number of carbonyl (C=O) groups excluding carboxylic acids is 1. The molecule has 0 aliphatic carbocycles. The molecule has 116 valence electrons. The largest absolute Gasteiger partial charge is 0.497 e. The average molecular weight is 299 g/mol. The second-order valence-corrected chi connectivity index (χ2v) is 4.93. The molecule has 0 bridgehead atoms. The molecule has 2 aromatic carbocycles. The fraction of sp³-hybridized carbons (Fsp3) is 0.278. The third kappa shape index (κ3) is 3.58. The molecule has 22 heavy (non-hydrogen) atoms. The molecule has 1 N–H and O–H groups in total. The van der Waals surface area contributed by atoms with Crippen LogP contribution in [0.4, 0.5) is 5.69 Å². The number of rotatable bonds is 6. The van der Waals surface area contributed by atoms with E-state index in [2.05, 4.69) is 5.32 Å². The van der Waals surface area contributed by atoms with Gasteiger partial charge < -0.3 is 14.8 Å². The van der Waals surface area contributed by atoms with Crippen LogP contribution in [-0.4, -0.2) is 20.1 Å². The SMILES string of the molecule is CCC(C(=O)Nc1cc(OC)ccc1OC)c1ccccc1. The summed E-state index contributed by atoms with van der Waals surface area (Å²) in [5, 5.41) is 2.94. The standard InChI is InChI=1S/C18H21NO3/c1-4-15(13-8-6-5-7-9-13)18(20)19-16-12-14(21-2)10-11-17(16)22-3/h5-12,15H,4H2,1-3H3,(H,19,20). The monoisotopic (exact) mass is 299 g/mol. The molecule has 1 atom stereocenters. The Kier molecular flexibility index (Phi) is 5.42. The molecule has 1 amide bonds. The zero-order chi connectivity index (χ0) is 15.9. The zero-order valence-electron chi connectivity index (χ0n) is 13.1. The maximum absolute atomic E-state index is 12.6. The minimum atomic E-state index is -0.197. The molecule has 0 aliphatic rings. The minimum Gasteiger partial charge on any atom is -0.497 e. The van der Waals surface area contributed by atoms with Gasteiger partial charge in [-0.3, -0.25) is 4.79 Å². The van der Waals surface area contributed by atoms with Gasteiger partial charge in [0.05, 0.1) is 25.8 Å². The predicted molar refractivity (Wildman–Crippen MR) is 87.6 cm³/mol. The highest BCUT2D eigenvalue weighted by Gasteiger charge is 2.20. The van der Waals surface area contributed by atoms with Crippen molar-refractivity contribution in [3.8, 4) is 11.5 Å². The molecule has 1 unspecified atom stereocenters. The van der Waals surface area contributed by atoms with Gasteiger partial charge in [0, 0.05) is 6.07 Å². The molecule has 4 nitrogen and oxygen atoms in total. The van der Waals surface area contributed by atoms with Crippen molar-refractivity contribution >= 4 is 11.6 Å². The number of nitrogens with one attached hydrogen (secondary N) is 1. The van der Waals surface area contributed by atoms with Crippen LogP contribution in [0.2, 0.25) is 0 Å². The summed E-state index contributed by atoms with van der Waals surface area (Å²) in [4.78, 5) is 12.6. The van der Waals surface area contributed by atoms with E-state index in [0.717, 1.165) is 12.0 Å². The van der Waals surface area contributed by atoms with Gasteiger partial charge in [-0.05, 0) is 24.1 Å². The van der Waals surface area contributed by atoms with E-state index in [4.69, 9.17) is 9.47 Å². The Hall–Kier alpha value is -2.49. The second kappa shape index (κ2) is 7.50. The fourth-order valence-electron chi connectivity index (χ4n) is 2.39. The summed E-state index contributed by atoms with van der Waals surface area (Å²) < 4.78 is 10.5. The quantitative estimate of drug-likeness (QED) is 0.881. The third-order valence-electron chi connectivity index (χ3n) is 3.59. The number of anilines is 1. The minimum absolute atomic E-state index is 0.0553. The fourth-order valence-corrected chi connectivity index (χ4v) is 2.39. The Morgan fingerprint density at radius 1 is 1.09 bits per heavy atom. The van der Waals surface area contributed by atoms with E-state index in [0.29, 0.717) is 17.2 Å². The van der Waals surface area contributed by atoms with E-state index in [9.17, 15) is 4.79 Å². The van der Waals surface area contributed by atoms with Gasteiger partial charge in [-0.2, -0.15) is 0 Å². The van der Waals surface area contributed by atoms with Gasteiger partial charge in [-0.25, -0.2) is 0 Å². The Bertz CT molecular complexity index is 625. The first-order valence-electron chi connectivity index (χ1n) is 7.27. The van der Waals surface area contributed by atoms with Crippen LogP contribution < -0.4 is 14.8 Å². The van der Waals surface area contributed by atoms with Crippen molar-refractivity contribution in [2.45, 2.75) is 19.3 Å². The van der Waals surface area contributed by atoms with E-state index >= 15 is 0 Å². The molecule has 0 fully saturated rings. The first-order valence-corrected chi connectivity index (χ1v) is 7.27. The van der Waals surface area contributed by atoms with E-state index in [1.165, 1.54) is 0 Å². The molecular weight excluding hydrogens is 278 g/mol. The lowest BCUT2D eigenvalue weighted by Crippen LogP contribution is -2.21. The van der Waals surface area contributed by atoms with Crippen molar-refractivity contribution in [3.63, 3.8) is 0 Å². The molecule has 0 radical (unpaired) electrons. The molecule has 0 spiro atoms. The Balaban J connectivity index is 2.23. The topological polar surface area (TPSA) is 47.6 Å². The first-order chi connectivity index (χ1) is 10.7. The van der Waals surface area contributed by atoms with Crippen molar-refractivity contribution in [2.24, 2.45) is 0 Å². The van der Waals surface area contributed by atoms with Gasteiger partial charge >= 0.3 is 0 Å². The number of ether oxygens (including phenoxy) is 2. The van der Waals surface area contributed by atoms with Crippen LogP contribution in [0.3, 0.4) is 0 Å². The number of carbonyl (C=O) groups is 1. The summed E-state index contributed by atoms with van der Waals surface area (Å²) in [7, 11) is 3.16. The van der Waals surface area contributed by atoms with Gasteiger partial charge in [-0.1, -0.05) is 37.3 Å². The molecule has 0 aromatic heterocycles. The summed E-state index contributed by atoms with van der Waals surface area (Å²) in [5.74, 6) is 1.03. The molecular formula is C18H21NO3. The van der Waals surface area contributed by atoms with Gasteiger partial charge in [0.15, 0.2) is 0 Å². The van der Waals surface area contributed by atoms with Crippen molar-refractivity contribution < 1.29 is 14.3 Å². The average Bonchev–Trinajstić information content (AvgIpc) is 2.56. The Morgan fingerprint density at radius 2 is 1.82 bits per heavy atom. The molecule has 0 saturated heterocycles. The molecule has 0 aliphatic heterocycles. The predicted octanol–water partition coefficient (Wildman–Crippen LogP) is 3.84. The highest BCUT2D eigenvalue weighted by molar-refractivity contribution is 5.97. The van der Waals surface area contributed by atoms with Crippen LogP contribution in [0, 0.1) is 0 Å². The Labute approximate surface area is 131 Å². The highest BCUT2D eigenvalue weighted by atomic mass is 16.5. The van der Waals surface area contributed by atoms with Gasteiger partial charge in [0.25, 0.3) is 0 Å². The highest BCUT2D eigenvalue weighted by Crippen LogP contribution is 2.30. The summed E-state index contributed by atoms with van der Waals surface area (Å²) in [6.45, 7) is 2.00. The smallest absolute Gasteiger partial charge is 0.232 e. The maximum Gasteiger partial charge on any atom is 0.232 e. The molecule has 2 aromatic rings. The van der Waals surface area contributed by atoms with E-state index in [-0.39, 0.29) is 11.8 Å². The van der Waals surface area contributed by atoms with E-state index in [1.54, 1.807) is 32.4 Å². The van der Waals surface area contributed by atoms with Crippen molar-refractivity contribution in [3.05, 3.63) is 54.1 Å². The number of benzene rings is 2. The second-order valence-electron chi connectivity index (χ2n) is 4.93. The number of hydrogen-bond donors (Lipinski definition) is 1. The molecule has 0 saturated carbocycles. The van der Waals surface area contributed by atoms with Gasteiger partial charge in [0.2, 0.25) is 5.91 Å². The van der Waals surface area contributed by atoms with Crippen LogP contribution in [-0.2, 0) is 4.79 Å². The summed E-state index contributed by atoms with van der Waals surface area (Å²) >= 11 is 0. The molecule has 2 rings (SSSR count). The Morgan fingerprint density at radius 3 is 2.41 bits per heavy atom. The lowest BCUT2D eigenvalue weighted by molar-refractivity contribution is -0.117. The van der Waals surface area contributed by atoms with Gasteiger partial charge in [0.1, 0.15) is 11.5 Å². The van der Waals surface area contributed by atoms with Gasteiger partial charge in [-0.15, -0.1) is 0 Å². The zero-order valence-corrected chi connectivity index (χ0v) is 13.1. The summed E-state index contributed by atoms with van der Waals surface area (Å²) in [5.41, 5.74) is 1.62. The van der Waals surface area contributed by atoms with Crippen molar-refractivity contribution in [2.75, 3.05) is 19.5 Å². The van der Waals surface area contributed by atoms with Crippen molar-refractivity contribution in [1.82, 2.24) is 0 Å². The van der Waals surface area contributed by atoms with Crippen LogP contribution >= 0.6 is 0 Å². The normalized spacial score (nSPS) is 11.6. The summed E-state index contributed by atoms with van der Waals surface area (Å²) in [6.07, 6.45) is 0.724. The number of hydrogen-bond acceptors (Lipinski definition) is 3. The van der Waals surface area contributed by atoms with Crippen molar-refractivity contribution in [1.29, 1.82) is 0 Å². The lowest BCUT2D eigenvalue weighted by atomic mass is 9.95. The first kappa shape index (κ1) is 15.9. The van der Waals surface area contributed by atoms with E-state index < -0.39 is 0 Å². The third-order valence-corrected chi connectivity index (χ3v) is 3.59. The van der Waals surface area contributed by atoms with E-state index in [1.807, 2.05) is 37.3 Å². The number of methoxy groups -OCH3 is 2. The van der Waals surface area contributed by atoms with Crippen LogP contribution in [0.5, 0.6) is 11.5 Å². The lowest BCUT2D eigenvalue weighted by Gasteiger charge is -2.17. The molecule has 4 heteroatoms. The summed E-state index contributed by atoms with van der Waals surface area (Å²) in [6, 6.07) is 15.1. The maximum atomic E-state index is 12.6. The molecule has 0 heterocycles. The van der Waals surface area contributed by atoms with Crippen LogP contribution in [0.1, 0.15) is 24.8 Å². The van der Waals surface area contributed by atoms with Crippen LogP contribution in [0.15, 0.2) is 48.5 Å². The number of amides is 1. The van der Waals surface area contributed by atoms with Crippen LogP contribution in [0.25, 0.3) is 0 Å².